The van der Waals surface area contributed by atoms with Crippen LogP contribution in [0, 0.1) is 0 Å². The van der Waals surface area contributed by atoms with Crippen LogP contribution in [0.15, 0.2) is 22.7 Å². The topological polar surface area (TPSA) is 75.6 Å². The molecule has 21 heavy (non-hydrogen) atoms. The Bertz CT molecular complexity index is 540. The first-order chi connectivity index (χ1) is 9.97. The molecule has 0 radical (unpaired) electrons. The van der Waals surface area contributed by atoms with E-state index in [1.807, 2.05) is 0 Å². The first-order valence-corrected chi connectivity index (χ1v) is 7.76. The average Bonchev–Trinajstić information content (AvgIpc) is 2.94. The fourth-order valence-electron chi connectivity index (χ4n) is 2.34. The highest BCUT2D eigenvalue weighted by molar-refractivity contribution is 9.10. The van der Waals surface area contributed by atoms with Crippen LogP contribution in [-0.2, 0) is 9.53 Å². The number of halogens is 1. The Kier molecular flexibility index (Phi) is 5.22. The van der Waals surface area contributed by atoms with Crippen molar-refractivity contribution < 1.29 is 19.4 Å². The summed E-state index contributed by atoms with van der Waals surface area (Å²) in [4.78, 5) is 23.9. The number of hydrogen-bond donors (Lipinski definition) is 2. The molecule has 1 amide bonds. The Labute approximate surface area is 131 Å². The fourth-order valence-corrected chi connectivity index (χ4v) is 2.70. The summed E-state index contributed by atoms with van der Waals surface area (Å²) in [6.07, 6.45) is 3.28. The van der Waals surface area contributed by atoms with Crippen molar-refractivity contribution in [2.45, 2.75) is 44.8 Å². The Morgan fingerprint density at radius 1 is 1.38 bits per heavy atom. The number of ether oxygens (including phenoxy) is 1. The van der Waals surface area contributed by atoms with Crippen LogP contribution < -0.4 is 5.32 Å². The molecule has 1 aromatic rings. The summed E-state index contributed by atoms with van der Waals surface area (Å²) in [6.45, 7) is 1.53. The Hall–Kier alpha value is -1.56. The molecule has 0 heterocycles. The van der Waals surface area contributed by atoms with Crippen LogP contribution in [0.4, 0.5) is 0 Å². The standard InChI is InChI=1S/C15H18BrNO4/c1-9(14(19)17-11-4-2-3-5-11)21-15(20)12-8-10(16)6-7-13(12)18/h6-9,11,18H,2-5H2,1H3,(H,17,19)/t9-/m0/s1. The third-order valence-electron chi connectivity index (χ3n) is 3.53. The van der Waals surface area contributed by atoms with Crippen LogP contribution in [0.2, 0.25) is 0 Å². The SMILES string of the molecule is C[C@H](OC(=O)c1cc(Br)ccc1O)C(=O)NC1CCCC1. The predicted octanol–water partition coefficient (Wildman–Crippen LogP) is 2.76. The molecule has 1 aromatic carbocycles. The number of nitrogens with one attached hydrogen (secondary N) is 1. The lowest BCUT2D eigenvalue weighted by atomic mass is 10.2. The minimum absolute atomic E-state index is 0.0323. The molecule has 2 rings (SSSR count). The second-order valence-corrected chi connectivity index (χ2v) is 6.11. The predicted molar refractivity (Wildman–Crippen MR) is 81.1 cm³/mol. The summed E-state index contributed by atoms with van der Waals surface area (Å²) in [5.74, 6) is -1.20. The number of amides is 1. The number of rotatable bonds is 4. The molecule has 1 saturated carbocycles. The third-order valence-corrected chi connectivity index (χ3v) is 4.03. The highest BCUT2D eigenvalue weighted by Crippen LogP contribution is 2.23. The van der Waals surface area contributed by atoms with Gasteiger partial charge in [0.25, 0.3) is 5.91 Å². The van der Waals surface area contributed by atoms with Crippen LogP contribution in [0.1, 0.15) is 43.0 Å². The molecule has 0 unspecified atom stereocenters. The van der Waals surface area contributed by atoms with Crippen molar-refractivity contribution in [3.8, 4) is 5.75 Å². The van der Waals surface area contributed by atoms with Crippen LogP contribution in [0.3, 0.4) is 0 Å². The molecular formula is C15H18BrNO4. The first-order valence-electron chi connectivity index (χ1n) is 6.97. The van der Waals surface area contributed by atoms with E-state index in [1.165, 1.54) is 19.1 Å². The third kappa shape index (κ3) is 4.20. The fraction of sp³-hybridized carbons (Fsp3) is 0.467. The van der Waals surface area contributed by atoms with Gasteiger partial charge in [-0.3, -0.25) is 4.79 Å². The summed E-state index contributed by atoms with van der Waals surface area (Å²) in [6, 6.07) is 4.64. The number of phenols is 1. The maximum Gasteiger partial charge on any atom is 0.342 e. The number of benzene rings is 1. The normalized spacial score (nSPS) is 16.5. The maximum atomic E-state index is 12.0. The van der Waals surface area contributed by atoms with E-state index < -0.39 is 12.1 Å². The molecule has 1 aliphatic rings. The van der Waals surface area contributed by atoms with Gasteiger partial charge in [0.1, 0.15) is 11.3 Å². The smallest absolute Gasteiger partial charge is 0.342 e. The Morgan fingerprint density at radius 2 is 2.05 bits per heavy atom. The zero-order valence-corrected chi connectivity index (χ0v) is 13.4. The second-order valence-electron chi connectivity index (χ2n) is 5.20. The van der Waals surface area contributed by atoms with Crippen LogP contribution >= 0.6 is 15.9 Å². The number of carbonyl (C=O) groups is 2. The van der Waals surface area contributed by atoms with Gasteiger partial charge < -0.3 is 15.2 Å². The Morgan fingerprint density at radius 3 is 2.71 bits per heavy atom. The number of carbonyl (C=O) groups excluding carboxylic acids is 2. The summed E-state index contributed by atoms with van der Waals surface area (Å²) in [5.41, 5.74) is 0.0323. The van der Waals surface area contributed by atoms with Crippen LogP contribution in [0.25, 0.3) is 0 Å². The van der Waals surface area contributed by atoms with Gasteiger partial charge in [0.2, 0.25) is 0 Å². The summed E-state index contributed by atoms with van der Waals surface area (Å²) < 4.78 is 5.76. The number of hydrogen-bond acceptors (Lipinski definition) is 4. The van der Waals surface area contributed by atoms with E-state index in [0.29, 0.717) is 4.47 Å². The highest BCUT2D eigenvalue weighted by Gasteiger charge is 2.24. The van der Waals surface area contributed by atoms with Gasteiger partial charge in [0.15, 0.2) is 6.10 Å². The molecule has 1 fully saturated rings. The molecule has 2 N–H and O–H groups in total. The monoisotopic (exact) mass is 355 g/mol. The van der Waals surface area contributed by atoms with E-state index in [4.69, 9.17) is 4.74 Å². The quantitative estimate of drug-likeness (QED) is 0.814. The largest absolute Gasteiger partial charge is 0.507 e. The minimum Gasteiger partial charge on any atom is -0.507 e. The lowest BCUT2D eigenvalue weighted by Crippen LogP contribution is -2.40. The molecule has 0 spiro atoms. The van der Waals surface area contributed by atoms with Gasteiger partial charge in [-0.1, -0.05) is 28.8 Å². The molecular weight excluding hydrogens is 338 g/mol. The molecule has 0 bridgehead atoms. The van der Waals surface area contributed by atoms with E-state index >= 15 is 0 Å². The zero-order valence-electron chi connectivity index (χ0n) is 11.8. The Balaban J connectivity index is 1.94. The van der Waals surface area contributed by atoms with Crippen molar-refractivity contribution in [2.24, 2.45) is 0 Å². The molecule has 1 atom stereocenters. The maximum absolute atomic E-state index is 12.0. The molecule has 6 heteroatoms. The number of esters is 1. The van der Waals surface area contributed by atoms with E-state index in [-0.39, 0.29) is 23.3 Å². The summed E-state index contributed by atoms with van der Waals surface area (Å²) >= 11 is 3.22. The van der Waals surface area contributed by atoms with Crippen LogP contribution in [0.5, 0.6) is 5.75 Å². The van der Waals surface area contributed by atoms with Gasteiger partial charge in [-0.15, -0.1) is 0 Å². The minimum atomic E-state index is -0.892. The van der Waals surface area contributed by atoms with Crippen molar-refractivity contribution in [1.82, 2.24) is 5.32 Å². The molecule has 5 nitrogen and oxygen atoms in total. The highest BCUT2D eigenvalue weighted by atomic mass is 79.9. The second kappa shape index (κ2) is 6.93. The summed E-state index contributed by atoms with van der Waals surface area (Å²) in [5, 5.41) is 12.5. The first kappa shape index (κ1) is 15.8. The molecule has 0 aromatic heterocycles. The van der Waals surface area contributed by atoms with Crippen molar-refractivity contribution in [3.63, 3.8) is 0 Å². The zero-order chi connectivity index (χ0) is 15.4. The van der Waals surface area contributed by atoms with Gasteiger partial charge >= 0.3 is 5.97 Å². The molecule has 1 aliphatic carbocycles. The van der Waals surface area contributed by atoms with E-state index in [0.717, 1.165) is 25.7 Å². The molecule has 0 aliphatic heterocycles. The lowest BCUT2D eigenvalue weighted by molar-refractivity contribution is -0.129. The van der Waals surface area contributed by atoms with Crippen molar-refractivity contribution >= 4 is 27.8 Å². The van der Waals surface area contributed by atoms with E-state index in [9.17, 15) is 14.7 Å². The van der Waals surface area contributed by atoms with Crippen molar-refractivity contribution in [3.05, 3.63) is 28.2 Å². The van der Waals surface area contributed by atoms with Gasteiger partial charge in [0, 0.05) is 10.5 Å². The van der Waals surface area contributed by atoms with Gasteiger partial charge in [-0.25, -0.2) is 4.79 Å². The van der Waals surface area contributed by atoms with Gasteiger partial charge in [-0.2, -0.15) is 0 Å². The average molecular weight is 356 g/mol. The lowest BCUT2D eigenvalue weighted by Gasteiger charge is -2.17. The summed E-state index contributed by atoms with van der Waals surface area (Å²) in [7, 11) is 0. The number of aromatic hydroxyl groups is 1. The van der Waals surface area contributed by atoms with E-state index in [1.54, 1.807) is 6.07 Å². The van der Waals surface area contributed by atoms with Crippen molar-refractivity contribution in [1.29, 1.82) is 0 Å². The van der Waals surface area contributed by atoms with Gasteiger partial charge in [-0.05, 0) is 38.0 Å². The number of phenolic OH excluding ortho intramolecular Hbond substituents is 1. The molecule has 114 valence electrons. The molecule has 0 saturated heterocycles. The van der Waals surface area contributed by atoms with Gasteiger partial charge in [0.05, 0.1) is 0 Å². The van der Waals surface area contributed by atoms with Crippen molar-refractivity contribution in [2.75, 3.05) is 0 Å². The van der Waals surface area contributed by atoms with E-state index in [2.05, 4.69) is 21.2 Å². The van der Waals surface area contributed by atoms with Crippen LogP contribution in [-0.4, -0.2) is 29.1 Å².